The molecule has 0 bridgehead atoms. The number of hydrogen-bond acceptors (Lipinski definition) is 9. The molecule has 4 heterocycles. The molecule has 12 nitrogen and oxygen atoms in total. The van der Waals surface area contributed by atoms with Gasteiger partial charge in [-0.05, 0) is 81.8 Å². The fourth-order valence-electron chi connectivity index (χ4n) is 7.43. The average Bonchev–Trinajstić information content (AvgIpc) is 3.13. The first-order valence-corrected chi connectivity index (χ1v) is 19.7. The Bertz CT molecular complexity index is 1540. The van der Waals surface area contributed by atoms with Crippen molar-refractivity contribution in [3.05, 3.63) is 57.6 Å². The monoisotopic (exact) mass is 774 g/mol. The van der Waals surface area contributed by atoms with E-state index in [9.17, 15) is 19.5 Å². The number of ether oxygens (including phenoxy) is 1. The largest absolute Gasteiger partial charge is 0.481 e. The Hall–Kier alpha value is -3.29. The van der Waals surface area contributed by atoms with E-state index in [1.54, 1.807) is 4.90 Å². The summed E-state index contributed by atoms with van der Waals surface area (Å²) in [5.41, 5.74) is 4.23. The summed E-state index contributed by atoms with van der Waals surface area (Å²) in [7, 11) is 0. The third-order valence-electron chi connectivity index (χ3n) is 10.5. The van der Waals surface area contributed by atoms with Crippen molar-refractivity contribution in [2.45, 2.75) is 65.1 Å². The molecular weight excluding hydrogens is 719 g/mol. The molecule has 0 saturated carbocycles. The Morgan fingerprint density at radius 2 is 1.09 bits per heavy atom. The zero-order valence-electron chi connectivity index (χ0n) is 31.4. The molecule has 4 aliphatic heterocycles. The van der Waals surface area contributed by atoms with Gasteiger partial charge in [0, 0.05) is 113 Å². The summed E-state index contributed by atoms with van der Waals surface area (Å²) < 4.78 is 5.47. The van der Waals surface area contributed by atoms with E-state index >= 15 is 0 Å². The quantitative estimate of drug-likeness (QED) is 0.304. The molecule has 292 valence electrons. The predicted octanol–water partition coefficient (Wildman–Crippen LogP) is 5.74. The molecule has 4 aliphatic rings. The van der Waals surface area contributed by atoms with Gasteiger partial charge in [-0.15, -0.1) is 0 Å². The molecule has 6 rings (SSSR count). The van der Waals surface area contributed by atoms with E-state index in [1.807, 2.05) is 45.0 Å². The molecule has 2 aromatic carbocycles. The fourth-order valence-corrected chi connectivity index (χ4v) is 7.76. The number of carboxylic acid groups (broad SMARTS) is 2. The normalized spacial score (nSPS) is 19.8. The molecule has 53 heavy (non-hydrogen) atoms. The molecule has 0 atom stereocenters. The topological polar surface area (TPSA) is 129 Å². The molecule has 4 saturated heterocycles. The first kappa shape index (κ1) is 40.9. The lowest BCUT2D eigenvalue weighted by Crippen LogP contribution is -2.49. The summed E-state index contributed by atoms with van der Waals surface area (Å²) >= 11 is 12.5. The highest BCUT2D eigenvalue weighted by Gasteiger charge is 2.29. The van der Waals surface area contributed by atoms with Gasteiger partial charge in [0.1, 0.15) is 5.60 Å². The van der Waals surface area contributed by atoms with Crippen LogP contribution in [0.5, 0.6) is 0 Å². The minimum absolute atomic E-state index is 0.206. The number of hydrogen-bond donors (Lipinski definition) is 3. The first-order chi connectivity index (χ1) is 25.3. The maximum absolute atomic E-state index is 12.3. The number of piperazine rings is 2. The highest BCUT2D eigenvalue weighted by Crippen LogP contribution is 2.32. The van der Waals surface area contributed by atoms with Crippen LogP contribution in [0.25, 0.3) is 0 Å². The number of nitrogens with one attached hydrogen (secondary N) is 1. The van der Waals surface area contributed by atoms with Crippen molar-refractivity contribution in [2.75, 3.05) is 88.3 Å². The number of carboxylic acids is 2. The molecule has 14 heteroatoms. The Morgan fingerprint density at radius 1 is 0.679 bits per heavy atom. The van der Waals surface area contributed by atoms with Gasteiger partial charge in [0.25, 0.3) is 0 Å². The van der Waals surface area contributed by atoms with Gasteiger partial charge in [-0.1, -0.05) is 35.3 Å². The zero-order chi connectivity index (χ0) is 38.1. The smallest absolute Gasteiger partial charge is 0.410 e. The van der Waals surface area contributed by atoms with Crippen LogP contribution in [-0.2, 0) is 27.4 Å². The van der Waals surface area contributed by atoms with Crippen LogP contribution >= 0.6 is 23.2 Å². The summed E-state index contributed by atoms with van der Waals surface area (Å²) in [5, 5.41) is 23.2. The lowest BCUT2D eigenvalue weighted by atomic mass is 9.96. The van der Waals surface area contributed by atoms with Crippen LogP contribution in [0.1, 0.15) is 57.6 Å². The number of aliphatic carboxylic acids is 2. The highest BCUT2D eigenvalue weighted by molar-refractivity contribution is 6.31. The second kappa shape index (κ2) is 18.8. The minimum Gasteiger partial charge on any atom is -0.481 e. The standard InChI is InChI=1S/C22H32ClN3O4.C17H24ClN3O2/c1-22(2,3)30-21(29)26-12-10-24(11-13-26)15-17-4-5-18(23)14-19(17)25-8-6-16(7-9-25)20(27)28;18-15-2-1-14(12-20-9-5-19-6-10-20)16(11-15)21-7-3-13(4-8-21)17(22)23/h4-5,14,16H,6-13,15H2,1-3H3,(H,27,28);1-2,11,13,19H,3-10,12H2,(H,22,23). The van der Waals surface area contributed by atoms with E-state index in [2.05, 4.69) is 37.0 Å². The van der Waals surface area contributed by atoms with Crippen LogP contribution in [0, 0.1) is 11.8 Å². The highest BCUT2D eigenvalue weighted by atomic mass is 35.5. The van der Waals surface area contributed by atoms with Crippen molar-refractivity contribution in [3.63, 3.8) is 0 Å². The van der Waals surface area contributed by atoms with E-state index in [1.165, 1.54) is 16.8 Å². The van der Waals surface area contributed by atoms with E-state index in [0.717, 1.165) is 89.2 Å². The molecule has 0 unspecified atom stereocenters. The molecule has 2 aromatic rings. The Morgan fingerprint density at radius 3 is 1.49 bits per heavy atom. The number of anilines is 2. The number of benzene rings is 2. The number of piperidine rings is 2. The number of amides is 1. The molecule has 3 N–H and O–H groups in total. The summed E-state index contributed by atoms with van der Waals surface area (Å²) in [6, 6.07) is 12.0. The number of rotatable bonds is 8. The van der Waals surface area contributed by atoms with Crippen LogP contribution in [-0.4, -0.2) is 127 Å². The van der Waals surface area contributed by atoms with Crippen molar-refractivity contribution in [2.24, 2.45) is 11.8 Å². The number of carbonyl (C=O) groups excluding carboxylic acids is 1. The van der Waals surface area contributed by atoms with Crippen molar-refractivity contribution in [1.29, 1.82) is 0 Å². The third-order valence-corrected chi connectivity index (χ3v) is 11.0. The molecule has 0 aromatic heterocycles. The molecule has 0 aliphatic carbocycles. The molecule has 0 spiro atoms. The lowest BCUT2D eigenvalue weighted by Gasteiger charge is -2.37. The Balaban J connectivity index is 0.000000211. The van der Waals surface area contributed by atoms with Crippen LogP contribution in [0.15, 0.2) is 36.4 Å². The predicted molar refractivity (Wildman–Crippen MR) is 209 cm³/mol. The molecule has 4 fully saturated rings. The molecule has 1 amide bonds. The maximum Gasteiger partial charge on any atom is 0.410 e. The second-order valence-corrected chi connectivity index (χ2v) is 16.4. The van der Waals surface area contributed by atoms with Gasteiger partial charge in [-0.25, -0.2) is 4.79 Å². The van der Waals surface area contributed by atoms with E-state index < -0.39 is 17.5 Å². The van der Waals surface area contributed by atoms with Crippen molar-refractivity contribution in [3.8, 4) is 0 Å². The van der Waals surface area contributed by atoms with Crippen molar-refractivity contribution < 1.29 is 29.3 Å². The van der Waals surface area contributed by atoms with Crippen molar-refractivity contribution in [1.82, 2.24) is 20.0 Å². The summed E-state index contributed by atoms with van der Waals surface area (Å²) in [5.74, 6) is -1.84. The van der Waals surface area contributed by atoms with E-state index in [-0.39, 0.29) is 17.9 Å². The molecule has 0 radical (unpaired) electrons. The zero-order valence-corrected chi connectivity index (χ0v) is 32.9. The van der Waals surface area contributed by atoms with Crippen molar-refractivity contribution >= 4 is 52.6 Å². The minimum atomic E-state index is -0.705. The van der Waals surface area contributed by atoms with Crippen LogP contribution in [0.3, 0.4) is 0 Å². The summed E-state index contributed by atoms with van der Waals surface area (Å²) in [6.45, 7) is 17.4. The van der Waals surface area contributed by atoms with Gasteiger partial charge in [0.05, 0.1) is 11.8 Å². The Kier molecular flexibility index (Phi) is 14.5. The van der Waals surface area contributed by atoms with E-state index in [0.29, 0.717) is 43.8 Å². The number of carbonyl (C=O) groups is 3. The van der Waals surface area contributed by atoms with Gasteiger partial charge in [0.15, 0.2) is 0 Å². The van der Waals surface area contributed by atoms with Crippen LogP contribution < -0.4 is 15.1 Å². The van der Waals surface area contributed by atoms with Crippen LogP contribution in [0.2, 0.25) is 10.0 Å². The molecular formula is C39H56Cl2N6O6. The fraction of sp³-hybridized carbons (Fsp3) is 0.615. The Labute approximate surface area is 323 Å². The van der Waals surface area contributed by atoms with Crippen LogP contribution in [0.4, 0.5) is 16.2 Å². The second-order valence-electron chi connectivity index (χ2n) is 15.5. The van der Waals surface area contributed by atoms with E-state index in [4.69, 9.17) is 33.0 Å². The number of halogens is 2. The average molecular weight is 776 g/mol. The first-order valence-electron chi connectivity index (χ1n) is 18.9. The third kappa shape index (κ3) is 12.1. The summed E-state index contributed by atoms with van der Waals surface area (Å²) in [6.07, 6.45) is 2.45. The lowest BCUT2D eigenvalue weighted by molar-refractivity contribution is -0.143. The maximum atomic E-state index is 12.3. The number of nitrogens with zero attached hydrogens (tertiary/aromatic N) is 5. The summed E-state index contributed by atoms with van der Waals surface area (Å²) in [4.78, 5) is 45.7. The van der Waals surface area contributed by atoms with Gasteiger partial charge < -0.3 is 35.0 Å². The van der Waals surface area contributed by atoms with Gasteiger partial charge >= 0.3 is 18.0 Å². The van der Waals surface area contributed by atoms with Gasteiger partial charge in [-0.3, -0.25) is 19.4 Å². The van der Waals surface area contributed by atoms with Gasteiger partial charge in [-0.2, -0.15) is 0 Å². The van der Waals surface area contributed by atoms with Gasteiger partial charge in [0.2, 0.25) is 0 Å². The SMILES string of the molecule is CC(C)(C)OC(=O)N1CCN(Cc2ccc(Cl)cc2N2CCC(C(=O)O)CC2)CC1.O=C(O)C1CCN(c2cc(Cl)ccc2CN2CCNCC2)CC1.